The zero-order valence-corrected chi connectivity index (χ0v) is 10.1. The van der Waals surface area contributed by atoms with Crippen LogP contribution in [0.5, 0.6) is 0 Å². The van der Waals surface area contributed by atoms with Gasteiger partial charge in [-0.25, -0.2) is 0 Å². The second kappa shape index (κ2) is 4.74. The number of amides is 1. The molecule has 3 unspecified atom stereocenters. The van der Waals surface area contributed by atoms with Crippen molar-refractivity contribution in [2.45, 2.75) is 37.5 Å². The van der Waals surface area contributed by atoms with E-state index in [-0.39, 0.29) is 11.3 Å². The third-order valence-corrected chi connectivity index (χ3v) is 4.80. The van der Waals surface area contributed by atoms with Crippen molar-refractivity contribution in [2.24, 2.45) is 11.7 Å². The molecule has 0 aromatic carbocycles. The molecule has 2 rings (SSSR count). The number of hydrogen-bond donors (Lipinski definition) is 1. The Hall–Kier alpha value is -0.220. The van der Waals surface area contributed by atoms with E-state index < -0.39 is 0 Å². The molecule has 2 saturated heterocycles. The molecule has 86 valence electrons. The van der Waals surface area contributed by atoms with Gasteiger partial charge in [0.25, 0.3) is 0 Å². The second-order valence-electron chi connectivity index (χ2n) is 4.74. The monoisotopic (exact) mass is 228 g/mol. The van der Waals surface area contributed by atoms with E-state index in [2.05, 4.69) is 6.92 Å². The van der Waals surface area contributed by atoms with Gasteiger partial charge in [0.15, 0.2) is 0 Å². The quantitative estimate of drug-likeness (QED) is 0.730. The zero-order chi connectivity index (χ0) is 10.8. The van der Waals surface area contributed by atoms with E-state index in [1.165, 1.54) is 12.8 Å². The van der Waals surface area contributed by atoms with E-state index in [1.807, 2.05) is 16.7 Å². The summed E-state index contributed by atoms with van der Waals surface area (Å²) in [4.78, 5) is 14.1. The molecule has 4 heteroatoms. The van der Waals surface area contributed by atoms with Crippen LogP contribution in [-0.2, 0) is 4.79 Å². The summed E-state index contributed by atoms with van der Waals surface area (Å²) >= 11 is 1.83. The molecule has 0 bridgehead atoms. The van der Waals surface area contributed by atoms with Crippen molar-refractivity contribution in [3.8, 4) is 0 Å². The molecule has 2 aliphatic heterocycles. The minimum Gasteiger partial charge on any atom is -0.340 e. The third-order valence-electron chi connectivity index (χ3n) is 3.44. The van der Waals surface area contributed by atoms with Crippen molar-refractivity contribution < 1.29 is 4.79 Å². The number of hydrogen-bond acceptors (Lipinski definition) is 3. The Labute approximate surface area is 95.8 Å². The molecule has 3 atom stereocenters. The molecule has 2 N–H and O–H groups in total. The Balaban J connectivity index is 1.90. The Morgan fingerprint density at radius 3 is 2.73 bits per heavy atom. The molecule has 15 heavy (non-hydrogen) atoms. The number of nitrogens with zero attached hydrogens (tertiary/aromatic N) is 1. The van der Waals surface area contributed by atoms with Crippen molar-refractivity contribution in [2.75, 3.05) is 18.8 Å². The van der Waals surface area contributed by atoms with Gasteiger partial charge in [0.05, 0.1) is 5.25 Å². The van der Waals surface area contributed by atoms with E-state index in [0.29, 0.717) is 11.8 Å². The first-order chi connectivity index (χ1) is 7.18. The highest BCUT2D eigenvalue weighted by molar-refractivity contribution is 8.00. The molecule has 2 heterocycles. The Morgan fingerprint density at radius 1 is 1.40 bits per heavy atom. The maximum absolute atomic E-state index is 12.1. The first-order valence-corrected chi connectivity index (χ1v) is 6.89. The summed E-state index contributed by atoms with van der Waals surface area (Å²) in [6.45, 7) is 3.75. The third kappa shape index (κ3) is 2.48. The van der Waals surface area contributed by atoms with Crippen LogP contribution in [-0.4, -0.2) is 40.9 Å². The van der Waals surface area contributed by atoms with Crippen LogP contribution in [0, 0.1) is 5.92 Å². The second-order valence-corrected chi connectivity index (χ2v) is 6.05. The van der Waals surface area contributed by atoms with Gasteiger partial charge < -0.3 is 10.6 Å². The minimum atomic E-state index is 0.183. The number of likely N-dealkylation sites (tertiary alicyclic amines) is 1. The van der Waals surface area contributed by atoms with E-state index >= 15 is 0 Å². The number of carbonyl (C=O) groups is 1. The number of thioether (sulfide) groups is 1. The molecule has 0 aliphatic carbocycles. The van der Waals surface area contributed by atoms with Gasteiger partial charge in [-0.05, 0) is 24.5 Å². The topological polar surface area (TPSA) is 46.3 Å². The fourth-order valence-electron chi connectivity index (χ4n) is 2.31. The molecular formula is C11H20N2OS. The Bertz CT molecular complexity index is 231. The van der Waals surface area contributed by atoms with Gasteiger partial charge in [-0.15, -0.1) is 11.8 Å². The lowest BCUT2D eigenvalue weighted by Gasteiger charge is -2.25. The van der Waals surface area contributed by atoms with Crippen LogP contribution in [0.1, 0.15) is 26.2 Å². The van der Waals surface area contributed by atoms with Gasteiger partial charge in [0, 0.05) is 19.1 Å². The fraction of sp³-hybridized carbons (Fsp3) is 0.909. The molecule has 3 nitrogen and oxygen atoms in total. The van der Waals surface area contributed by atoms with Crippen molar-refractivity contribution in [1.29, 1.82) is 0 Å². The van der Waals surface area contributed by atoms with Crippen molar-refractivity contribution in [3.05, 3.63) is 0 Å². The summed E-state index contributed by atoms with van der Waals surface area (Å²) in [6.07, 6.45) is 3.53. The smallest absolute Gasteiger partial charge is 0.235 e. The standard InChI is InChI=1S/C11H20N2OS/c1-8-6-13(7-9(8)12)11(14)10-4-2-3-5-15-10/h8-10H,2-7,12H2,1H3. The van der Waals surface area contributed by atoms with Crippen LogP contribution in [0.2, 0.25) is 0 Å². The minimum absolute atomic E-state index is 0.183. The zero-order valence-electron chi connectivity index (χ0n) is 9.32. The molecule has 0 aromatic heterocycles. The summed E-state index contributed by atoms with van der Waals surface area (Å²) in [7, 11) is 0. The average Bonchev–Trinajstić information content (AvgIpc) is 2.59. The molecule has 2 aliphatic rings. The van der Waals surface area contributed by atoms with Gasteiger partial charge in [-0.3, -0.25) is 4.79 Å². The SMILES string of the molecule is CC1CN(C(=O)C2CCCCS2)CC1N. The van der Waals surface area contributed by atoms with E-state index in [9.17, 15) is 4.79 Å². The summed E-state index contributed by atoms with van der Waals surface area (Å²) in [5.74, 6) is 1.94. The first-order valence-electron chi connectivity index (χ1n) is 5.84. The Kier molecular flexibility index (Phi) is 3.57. The highest BCUT2D eigenvalue weighted by Crippen LogP contribution is 2.28. The molecule has 0 radical (unpaired) electrons. The van der Waals surface area contributed by atoms with E-state index in [1.54, 1.807) is 0 Å². The molecule has 0 spiro atoms. The van der Waals surface area contributed by atoms with Gasteiger partial charge in [0.1, 0.15) is 0 Å². The maximum Gasteiger partial charge on any atom is 0.235 e. The van der Waals surface area contributed by atoms with Crippen LogP contribution in [0.4, 0.5) is 0 Å². The predicted molar refractivity (Wildman–Crippen MR) is 63.8 cm³/mol. The van der Waals surface area contributed by atoms with Gasteiger partial charge in [-0.2, -0.15) is 0 Å². The van der Waals surface area contributed by atoms with Crippen molar-refractivity contribution in [3.63, 3.8) is 0 Å². The first kappa shape index (κ1) is 11.3. The van der Waals surface area contributed by atoms with Crippen LogP contribution >= 0.6 is 11.8 Å². The van der Waals surface area contributed by atoms with Gasteiger partial charge in [-0.1, -0.05) is 13.3 Å². The van der Waals surface area contributed by atoms with E-state index in [4.69, 9.17) is 5.73 Å². The lowest BCUT2D eigenvalue weighted by atomic mass is 10.1. The van der Waals surface area contributed by atoms with Crippen LogP contribution in [0.25, 0.3) is 0 Å². The Morgan fingerprint density at radius 2 is 2.20 bits per heavy atom. The molecular weight excluding hydrogens is 208 g/mol. The number of carbonyl (C=O) groups excluding carboxylic acids is 1. The van der Waals surface area contributed by atoms with Crippen LogP contribution in [0.15, 0.2) is 0 Å². The molecule has 0 saturated carbocycles. The highest BCUT2D eigenvalue weighted by Gasteiger charge is 2.34. The summed E-state index contributed by atoms with van der Waals surface area (Å²) in [6, 6.07) is 0.183. The summed E-state index contributed by atoms with van der Waals surface area (Å²) in [5.41, 5.74) is 5.94. The summed E-state index contributed by atoms with van der Waals surface area (Å²) in [5, 5.41) is 0.219. The number of rotatable bonds is 1. The predicted octanol–water partition coefficient (Wildman–Crippen LogP) is 1.08. The van der Waals surface area contributed by atoms with Crippen molar-refractivity contribution in [1.82, 2.24) is 4.90 Å². The van der Waals surface area contributed by atoms with Gasteiger partial charge in [0.2, 0.25) is 5.91 Å². The maximum atomic E-state index is 12.1. The average molecular weight is 228 g/mol. The molecule has 0 aromatic rings. The fourth-order valence-corrected chi connectivity index (χ4v) is 3.59. The largest absolute Gasteiger partial charge is 0.340 e. The summed E-state index contributed by atoms with van der Waals surface area (Å²) < 4.78 is 0. The highest BCUT2D eigenvalue weighted by atomic mass is 32.2. The lowest BCUT2D eigenvalue weighted by molar-refractivity contribution is -0.129. The van der Waals surface area contributed by atoms with E-state index in [0.717, 1.165) is 25.3 Å². The molecule has 2 fully saturated rings. The lowest BCUT2D eigenvalue weighted by Crippen LogP contribution is -2.38. The van der Waals surface area contributed by atoms with Crippen molar-refractivity contribution >= 4 is 17.7 Å². The normalized spacial score (nSPS) is 36.9. The molecule has 1 amide bonds. The van der Waals surface area contributed by atoms with Crippen LogP contribution in [0.3, 0.4) is 0 Å². The number of nitrogens with two attached hydrogens (primary N) is 1. The van der Waals surface area contributed by atoms with Gasteiger partial charge >= 0.3 is 0 Å². The van der Waals surface area contributed by atoms with Crippen LogP contribution < -0.4 is 5.73 Å².